The molecular formula is C13H21N5O. The molecule has 0 amide bonds. The van der Waals surface area contributed by atoms with Crippen molar-refractivity contribution in [3.8, 4) is 0 Å². The minimum absolute atomic E-state index is 0.0134. The van der Waals surface area contributed by atoms with Crippen LogP contribution in [0.4, 0.5) is 5.82 Å². The number of aromatic nitrogens is 4. The highest BCUT2D eigenvalue weighted by Crippen LogP contribution is 2.20. The van der Waals surface area contributed by atoms with Gasteiger partial charge in [0.05, 0.1) is 12.6 Å². The first-order chi connectivity index (χ1) is 8.95. The summed E-state index contributed by atoms with van der Waals surface area (Å²) >= 11 is 0. The average molecular weight is 263 g/mol. The second-order valence-electron chi connectivity index (χ2n) is 5.69. The van der Waals surface area contributed by atoms with E-state index in [-0.39, 0.29) is 18.1 Å². The Morgan fingerprint density at radius 3 is 2.63 bits per heavy atom. The number of aliphatic hydroxyl groups is 1. The third kappa shape index (κ3) is 2.84. The Labute approximate surface area is 112 Å². The van der Waals surface area contributed by atoms with E-state index in [1.807, 2.05) is 19.1 Å². The summed E-state index contributed by atoms with van der Waals surface area (Å²) in [6.45, 7) is 8.34. The van der Waals surface area contributed by atoms with Crippen molar-refractivity contribution >= 4 is 11.5 Å². The van der Waals surface area contributed by atoms with E-state index in [2.05, 4.69) is 41.4 Å². The molecule has 0 bridgehead atoms. The van der Waals surface area contributed by atoms with E-state index in [9.17, 15) is 5.11 Å². The molecule has 0 spiro atoms. The Morgan fingerprint density at radius 2 is 2.05 bits per heavy atom. The van der Waals surface area contributed by atoms with Crippen LogP contribution in [0.5, 0.6) is 0 Å². The van der Waals surface area contributed by atoms with Crippen LogP contribution >= 0.6 is 0 Å². The highest BCUT2D eigenvalue weighted by molar-refractivity contribution is 5.44. The van der Waals surface area contributed by atoms with Crippen molar-refractivity contribution in [1.82, 2.24) is 19.8 Å². The molecule has 0 radical (unpaired) electrons. The predicted octanol–water partition coefficient (Wildman–Crippen LogP) is 1.60. The minimum atomic E-state index is -0.119. The van der Waals surface area contributed by atoms with Gasteiger partial charge in [-0.05, 0) is 18.6 Å². The van der Waals surface area contributed by atoms with E-state index >= 15 is 0 Å². The van der Waals surface area contributed by atoms with E-state index in [4.69, 9.17) is 0 Å². The van der Waals surface area contributed by atoms with Crippen molar-refractivity contribution in [1.29, 1.82) is 0 Å². The van der Waals surface area contributed by atoms with Crippen LogP contribution in [0.15, 0.2) is 12.1 Å². The van der Waals surface area contributed by atoms with Gasteiger partial charge >= 0.3 is 0 Å². The molecule has 2 heterocycles. The Balaban J connectivity index is 2.38. The van der Waals surface area contributed by atoms with Gasteiger partial charge in [0.25, 0.3) is 0 Å². The van der Waals surface area contributed by atoms with Gasteiger partial charge in [-0.15, -0.1) is 15.3 Å². The van der Waals surface area contributed by atoms with Crippen LogP contribution in [0.1, 0.15) is 39.9 Å². The van der Waals surface area contributed by atoms with Gasteiger partial charge in [-0.2, -0.15) is 4.52 Å². The molecule has 0 aliphatic carbocycles. The lowest BCUT2D eigenvalue weighted by Crippen LogP contribution is -2.24. The maximum absolute atomic E-state index is 9.22. The number of anilines is 1. The largest absolute Gasteiger partial charge is 0.394 e. The van der Waals surface area contributed by atoms with Gasteiger partial charge in [0.15, 0.2) is 11.5 Å². The first-order valence-corrected chi connectivity index (χ1v) is 6.56. The standard InChI is InChI=1S/C13H21N5O/c1-5-9(8-19)14-10-6-7-11-15-16-12(13(2,3)4)18(11)17-10/h6-7,9,19H,5,8H2,1-4H3,(H,14,17). The first-order valence-electron chi connectivity index (χ1n) is 6.56. The fraction of sp³-hybridized carbons (Fsp3) is 0.615. The van der Waals surface area contributed by atoms with Crippen LogP contribution in [0.2, 0.25) is 0 Å². The smallest absolute Gasteiger partial charge is 0.178 e. The molecule has 0 saturated heterocycles. The summed E-state index contributed by atoms with van der Waals surface area (Å²) in [6.07, 6.45) is 0.838. The number of rotatable bonds is 4. The number of fused-ring (bicyclic) bond motifs is 1. The molecular weight excluding hydrogens is 242 g/mol. The summed E-state index contributed by atoms with van der Waals surface area (Å²) in [7, 11) is 0. The molecule has 2 rings (SSSR count). The van der Waals surface area contributed by atoms with Crippen molar-refractivity contribution in [2.75, 3.05) is 11.9 Å². The van der Waals surface area contributed by atoms with Crippen LogP contribution in [-0.4, -0.2) is 37.6 Å². The SMILES string of the molecule is CCC(CO)Nc1ccc2nnc(C(C)(C)C)n2n1. The van der Waals surface area contributed by atoms with Crippen molar-refractivity contribution in [3.63, 3.8) is 0 Å². The molecule has 2 aromatic heterocycles. The van der Waals surface area contributed by atoms with Gasteiger partial charge in [-0.3, -0.25) is 0 Å². The van der Waals surface area contributed by atoms with E-state index in [1.165, 1.54) is 0 Å². The minimum Gasteiger partial charge on any atom is -0.394 e. The molecule has 2 aromatic rings. The number of nitrogens with one attached hydrogen (secondary N) is 1. The summed E-state index contributed by atoms with van der Waals surface area (Å²) in [5, 5.41) is 25.3. The normalized spacial score (nSPS) is 13.7. The zero-order valence-corrected chi connectivity index (χ0v) is 11.9. The molecule has 0 aliphatic heterocycles. The lowest BCUT2D eigenvalue weighted by atomic mass is 9.96. The van der Waals surface area contributed by atoms with Crippen molar-refractivity contribution in [2.45, 2.75) is 45.6 Å². The van der Waals surface area contributed by atoms with E-state index in [0.29, 0.717) is 0 Å². The molecule has 6 nitrogen and oxygen atoms in total. The predicted molar refractivity (Wildman–Crippen MR) is 74.3 cm³/mol. The second kappa shape index (κ2) is 5.13. The lowest BCUT2D eigenvalue weighted by molar-refractivity contribution is 0.271. The molecule has 6 heteroatoms. The third-order valence-electron chi connectivity index (χ3n) is 3.00. The summed E-state index contributed by atoms with van der Waals surface area (Å²) in [5.74, 6) is 1.54. The van der Waals surface area contributed by atoms with Crippen LogP contribution in [0.3, 0.4) is 0 Å². The quantitative estimate of drug-likeness (QED) is 0.876. The van der Waals surface area contributed by atoms with Gasteiger partial charge in [0.2, 0.25) is 0 Å². The highest BCUT2D eigenvalue weighted by atomic mass is 16.3. The zero-order valence-electron chi connectivity index (χ0n) is 11.9. The molecule has 19 heavy (non-hydrogen) atoms. The van der Waals surface area contributed by atoms with E-state index in [0.717, 1.165) is 23.7 Å². The zero-order chi connectivity index (χ0) is 14.0. The fourth-order valence-electron chi connectivity index (χ4n) is 1.82. The van der Waals surface area contributed by atoms with Crippen LogP contribution < -0.4 is 5.32 Å². The molecule has 0 aromatic carbocycles. The fourth-order valence-corrected chi connectivity index (χ4v) is 1.82. The molecule has 104 valence electrons. The number of nitrogens with zero attached hydrogens (tertiary/aromatic N) is 4. The summed E-state index contributed by atoms with van der Waals surface area (Å²) in [5.41, 5.74) is 0.610. The number of hydrogen-bond acceptors (Lipinski definition) is 5. The maximum atomic E-state index is 9.22. The van der Waals surface area contributed by atoms with E-state index < -0.39 is 0 Å². The number of hydrogen-bond donors (Lipinski definition) is 2. The Kier molecular flexibility index (Phi) is 3.71. The summed E-state index contributed by atoms with van der Waals surface area (Å²) in [6, 6.07) is 3.75. The Bertz CT molecular complexity index is 554. The van der Waals surface area contributed by atoms with Gasteiger partial charge in [-0.1, -0.05) is 27.7 Å². The summed E-state index contributed by atoms with van der Waals surface area (Å²) in [4.78, 5) is 0. The first kappa shape index (κ1) is 13.7. The van der Waals surface area contributed by atoms with Gasteiger partial charge < -0.3 is 10.4 Å². The average Bonchev–Trinajstić information content (AvgIpc) is 2.78. The third-order valence-corrected chi connectivity index (χ3v) is 3.00. The van der Waals surface area contributed by atoms with Crippen LogP contribution in [0.25, 0.3) is 5.65 Å². The molecule has 2 N–H and O–H groups in total. The second-order valence-corrected chi connectivity index (χ2v) is 5.69. The van der Waals surface area contributed by atoms with Gasteiger partial charge in [-0.25, -0.2) is 0 Å². The van der Waals surface area contributed by atoms with Gasteiger partial charge in [0, 0.05) is 5.41 Å². The Hall–Kier alpha value is -1.69. The van der Waals surface area contributed by atoms with Gasteiger partial charge in [0.1, 0.15) is 5.82 Å². The van der Waals surface area contributed by atoms with Crippen molar-refractivity contribution in [2.24, 2.45) is 0 Å². The maximum Gasteiger partial charge on any atom is 0.178 e. The molecule has 0 fully saturated rings. The van der Waals surface area contributed by atoms with E-state index in [1.54, 1.807) is 4.52 Å². The summed E-state index contributed by atoms with van der Waals surface area (Å²) < 4.78 is 1.76. The van der Waals surface area contributed by atoms with Crippen LogP contribution in [-0.2, 0) is 5.41 Å². The highest BCUT2D eigenvalue weighted by Gasteiger charge is 2.22. The lowest BCUT2D eigenvalue weighted by Gasteiger charge is -2.17. The monoisotopic (exact) mass is 263 g/mol. The topological polar surface area (TPSA) is 75.3 Å². The number of aliphatic hydroxyl groups excluding tert-OH is 1. The van der Waals surface area contributed by atoms with Crippen molar-refractivity contribution < 1.29 is 5.11 Å². The van der Waals surface area contributed by atoms with Crippen LogP contribution in [0, 0.1) is 0 Å². The molecule has 0 saturated carbocycles. The Morgan fingerprint density at radius 1 is 1.32 bits per heavy atom. The van der Waals surface area contributed by atoms with Crippen molar-refractivity contribution in [3.05, 3.63) is 18.0 Å². The molecule has 1 atom stereocenters. The molecule has 0 aliphatic rings. The molecule has 1 unspecified atom stereocenters.